The number of benzene rings is 2. The summed E-state index contributed by atoms with van der Waals surface area (Å²) in [6.07, 6.45) is 0. The van der Waals surface area contributed by atoms with Gasteiger partial charge in [0.1, 0.15) is 18.2 Å². The van der Waals surface area contributed by atoms with Gasteiger partial charge in [-0.05, 0) is 30.3 Å². The molecule has 1 unspecified atom stereocenters. The summed E-state index contributed by atoms with van der Waals surface area (Å²) in [7, 11) is 1.77. The molecule has 132 valence electrons. The van der Waals surface area contributed by atoms with Crippen LogP contribution in [-0.4, -0.2) is 32.0 Å². The third kappa shape index (κ3) is 6.31. The maximum Gasteiger partial charge on any atom is 0.275 e. The van der Waals surface area contributed by atoms with E-state index < -0.39 is 11.7 Å². The molecule has 0 saturated carbocycles. The number of hydrogen-bond donors (Lipinski definition) is 3. The molecule has 1 atom stereocenters. The van der Waals surface area contributed by atoms with Crippen molar-refractivity contribution in [3.63, 3.8) is 0 Å². The third-order valence-corrected chi connectivity index (χ3v) is 3.49. The Balaban J connectivity index is 1.73. The van der Waals surface area contributed by atoms with Crippen LogP contribution in [-0.2, 0) is 16.1 Å². The number of quaternary nitrogens is 1. The lowest BCUT2D eigenvalue weighted by Crippen LogP contribution is -3.09. The predicted octanol–water partition coefficient (Wildman–Crippen LogP) is 0.734. The van der Waals surface area contributed by atoms with Crippen molar-refractivity contribution in [2.45, 2.75) is 6.54 Å². The number of nitrogens with one attached hydrogen (secondary N) is 3. The van der Waals surface area contributed by atoms with Crippen molar-refractivity contribution in [3.8, 4) is 0 Å². The zero-order chi connectivity index (χ0) is 18.2. The van der Waals surface area contributed by atoms with E-state index in [9.17, 15) is 18.4 Å². The minimum Gasteiger partial charge on any atom is -0.342 e. The Hall–Kier alpha value is -2.80. The molecule has 2 aromatic carbocycles. The fourth-order valence-electron chi connectivity index (χ4n) is 2.28. The Labute approximate surface area is 144 Å². The van der Waals surface area contributed by atoms with Crippen molar-refractivity contribution in [2.24, 2.45) is 0 Å². The average molecular weight is 348 g/mol. The van der Waals surface area contributed by atoms with E-state index in [2.05, 4.69) is 10.6 Å². The Morgan fingerprint density at radius 1 is 1.00 bits per heavy atom. The standard InChI is InChI=1S/C18H19F2N3O2/c1-23(11-13-4-2-3-5-16(13)20)12-18(25)21-10-17(24)22-15-8-6-14(19)7-9-15/h2-9H,10-12H2,1H3,(H,21,25)(H,22,24)/p+1. The van der Waals surface area contributed by atoms with Gasteiger partial charge >= 0.3 is 0 Å². The second-order valence-corrected chi connectivity index (χ2v) is 5.73. The second kappa shape index (κ2) is 8.89. The molecule has 2 aromatic rings. The normalized spacial score (nSPS) is 11.6. The molecule has 2 amide bonds. The summed E-state index contributed by atoms with van der Waals surface area (Å²) in [5.74, 6) is -1.43. The highest BCUT2D eigenvalue weighted by Crippen LogP contribution is 2.07. The molecular weight excluding hydrogens is 328 g/mol. The number of rotatable bonds is 7. The van der Waals surface area contributed by atoms with E-state index in [1.165, 1.54) is 30.3 Å². The summed E-state index contributed by atoms with van der Waals surface area (Å²) in [6, 6.07) is 11.7. The topological polar surface area (TPSA) is 62.6 Å². The zero-order valence-corrected chi connectivity index (χ0v) is 13.8. The van der Waals surface area contributed by atoms with Crippen LogP contribution >= 0.6 is 0 Å². The number of halogens is 2. The lowest BCUT2D eigenvalue weighted by molar-refractivity contribution is -0.885. The van der Waals surface area contributed by atoms with E-state index in [1.807, 2.05) is 0 Å². The Bertz CT molecular complexity index is 735. The van der Waals surface area contributed by atoms with Crippen molar-refractivity contribution in [1.82, 2.24) is 5.32 Å². The highest BCUT2D eigenvalue weighted by molar-refractivity contribution is 5.94. The lowest BCUT2D eigenvalue weighted by Gasteiger charge is -2.14. The molecule has 0 aromatic heterocycles. The van der Waals surface area contributed by atoms with E-state index >= 15 is 0 Å². The van der Waals surface area contributed by atoms with Crippen LogP contribution in [0.15, 0.2) is 48.5 Å². The van der Waals surface area contributed by atoms with Crippen molar-refractivity contribution >= 4 is 17.5 Å². The van der Waals surface area contributed by atoms with Gasteiger partial charge in [0.2, 0.25) is 5.91 Å². The molecule has 0 aliphatic rings. The van der Waals surface area contributed by atoms with Crippen LogP contribution in [0.1, 0.15) is 5.56 Å². The highest BCUT2D eigenvalue weighted by atomic mass is 19.1. The average Bonchev–Trinajstić information content (AvgIpc) is 2.57. The molecule has 0 spiro atoms. The summed E-state index contributed by atoms with van der Waals surface area (Å²) in [6.45, 7) is 0.281. The first-order valence-corrected chi connectivity index (χ1v) is 7.81. The van der Waals surface area contributed by atoms with Crippen LogP contribution in [0.5, 0.6) is 0 Å². The third-order valence-electron chi connectivity index (χ3n) is 3.49. The van der Waals surface area contributed by atoms with Crippen molar-refractivity contribution in [1.29, 1.82) is 0 Å². The molecule has 25 heavy (non-hydrogen) atoms. The number of likely N-dealkylation sites (N-methyl/N-ethyl adjacent to an activating group) is 1. The Kier molecular flexibility index (Phi) is 6.59. The number of amides is 2. The first-order valence-electron chi connectivity index (χ1n) is 7.81. The number of carbonyl (C=O) groups is 2. The van der Waals surface area contributed by atoms with E-state index in [1.54, 1.807) is 25.2 Å². The fourth-order valence-corrected chi connectivity index (χ4v) is 2.28. The smallest absolute Gasteiger partial charge is 0.275 e. The van der Waals surface area contributed by atoms with Crippen molar-refractivity contribution in [3.05, 3.63) is 65.7 Å². The molecule has 0 aliphatic carbocycles. The SMILES string of the molecule is C[NH+](CC(=O)NCC(=O)Nc1ccc(F)cc1)Cc1ccccc1F. The monoisotopic (exact) mass is 348 g/mol. The largest absolute Gasteiger partial charge is 0.342 e. The molecule has 5 nitrogen and oxygen atoms in total. The van der Waals surface area contributed by atoms with Crippen LogP contribution in [0.2, 0.25) is 0 Å². The molecule has 0 saturated heterocycles. The molecule has 0 fully saturated rings. The van der Waals surface area contributed by atoms with Gasteiger partial charge in [0.25, 0.3) is 5.91 Å². The highest BCUT2D eigenvalue weighted by Gasteiger charge is 2.13. The van der Waals surface area contributed by atoms with Gasteiger partial charge in [0, 0.05) is 11.3 Å². The molecule has 0 radical (unpaired) electrons. The molecule has 7 heteroatoms. The van der Waals surface area contributed by atoms with Gasteiger partial charge in [0.05, 0.1) is 13.6 Å². The summed E-state index contributed by atoms with van der Waals surface area (Å²) in [4.78, 5) is 24.4. The van der Waals surface area contributed by atoms with Crippen LogP contribution in [0.4, 0.5) is 14.5 Å². The first-order chi connectivity index (χ1) is 11.9. The van der Waals surface area contributed by atoms with E-state index in [0.29, 0.717) is 17.8 Å². The zero-order valence-electron chi connectivity index (χ0n) is 13.8. The van der Waals surface area contributed by atoms with Gasteiger partial charge in [0.15, 0.2) is 6.54 Å². The Morgan fingerprint density at radius 2 is 1.68 bits per heavy atom. The number of carbonyl (C=O) groups excluding carboxylic acids is 2. The summed E-state index contributed by atoms with van der Waals surface area (Å²) in [5.41, 5.74) is 0.977. The first kappa shape index (κ1) is 18.5. The van der Waals surface area contributed by atoms with E-state index in [-0.39, 0.29) is 24.8 Å². The fraction of sp³-hybridized carbons (Fsp3) is 0.222. The van der Waals surface area contributed by atoms with E-state index in [4.69, 9.17) is 0 Å². The summed E-state index contributed by atoms with van der Waals surface area (Å²) < 4.78 is 26.4. The van der Waals surface area contributed by atoms with Crippen LogP contribution in [0, 0.1) is 11.6 Å². The molecule has 0 bridgehead atoms. The van der Waals surface area contributed by atoms with Crippen LogP contribution < -0.4 is 15.5 Å². The minimum atomic E-state index is -0.410. The maximum atomic E-state index is 13.6. The summed E-state index contributed by atoms with van der Waals surface area (Å²) in [5, 5.41) is 5.05. The van der Waals surface area contributed by atoms with Crippen molar-refractivity contribution < 1.29 is 23.3 Å². The Morgan fingerprint density at radius 3 is 2.36 bits per heavy atom. The minimum absolute atomic E-state index is 0.109. The van der Waals surface area contributed by atoms with Crippen LogP contribution in [0.3, 0.4) is 0 Å². The number of anilines is 1. The molecule has 2 rings (SSSR count). The van der Waals surface area contributed by atoms with E-state index in [0.717, 1.165) is 4.90 Å². The molecule has 0 heterocycles. The van der Waals surface area contributed by atoms with Crippen LogP contribution in [0.25, 0.3) is 0 Å². The van der Waals surface area contributed by atoms with Gasteiger partial charge in [-0.2, -0.15) is 0 Å². The predicted molar refractivity (Wildman–Crippen MR) is 89.9 cm³/mol. The summed E-state index contributed by atoms with van der Waals surface area (Å²) >= 11 is 0. The molecular formula is C18H20F2N3O2+. The van der Waals surface area contributed by atoms with Gasteiger partial charge in [-0.3, -0.25) is 9.59 Å². The molecule has 3 N–H and O–H groups in total. The van der Waals surface area contributed by atoms with Gasteiger partial charge in [-0.25, -0.2) is 8.78 Å². The van der Waals surface area contributed by atoms with Crippen molar-refractivity contribution in [2.75, 3.05) is 25.5 Å². The van der Waals surface area contributed by atoms with Gasteiger partial charge < -0.3 is 15.5 Å². The number of hydrogen-bond acceptors (Lipinski definition) is 2. The van der Waals surface area contributed by atoms with Gasteiger partial charge in [-0.1, -0.05) is 18.2 Å². The quantitative estimate of drug-likeness (QED) is 0.691. The second-order valence-electron chi connectivity index (χ2n) is 5.73. The lowest BCUT2D eigenvalue weighted by atomic mass is 10.2. The maximum absolute atomic E-state index is 13.6. The molecule has 0 aliphatic heterocycles. The van der Waals surface area contributed by atoms with Gasteiger partial charge in [-0.15, -0.1) is 0 Å².